The van der Waals surface area contributed by atoms with Crippen molar-refractivity contribution >= 4 is 48.9 Å². The predicted octanol–water partition coefficient (Wildman–Crippen LogP) is 5.26. The lowest BCUT2D eigenvalue weighted by Crippen LogP contribution is -2.06. The average Bonchev–Trinajstić information content (AvgIpc) is 2.66. The van der Waals surface area contributed by atoms with Gasteiger partial charge in [0.2, 0.25) is 0 Å². The van der Waals surface area contributed by atoms with Crippen molar-refractivity contribution in [2.45, 2.75) is 13.0 Å². The highest BCUT2D eigenvalue weighted by Crippen LogP contribution is 2.32. The molecule has 0 bridgehead atoms. The maximum atomic E-state index is 9.28. The van der Waals surface area contributed by atoms with Crippen LogP contribution in [-0.2, 0) is 0 Å². The maximum Gasteiger partial charge on any atom is 0.149 e. The van der Waals surface area contributed by atoms with Gasteiger partial charge in [0.1, 0.15) is 6.04 Å². The van der Waals surface area contributed by atoms with Crippen molar-refractivity contribution in [3.8, 4) is 6.07 Å². The fourth-order valence-electron chi connectivity index (χ4n) is 1.54. The zero-order valence-electron chi connectivity index (χ0n) is 9.58. The first-order chi connectivity index (χ1) is 8.60. The van der Waals surface area contributed by atoms with Crippen LogP contribution < -0.4 is 5.32 Å². The summed E-state index contributed by atoms with van der Waals surface area (Å²) in [5.41, 5.74) is 0.929. The van der Waals surface area contributed by atoms with Gasteiger partial charge in [-0.1, -0.05) is 22.0 Å². The molecule has 0 spiro atoms. The molecule has 0 saturated carbocycles. The monoisotopic (exact) mass is 384 g/mol. The highest BCUT2D eigenvalue weighted by Gasteiger charge is 2.14. The van der Waals surface area contributed by atoms with Gasteiger partial charge in [-0.15, -0.1) is 11.3 Å². The Balaban J connectivity index is 2.23. The van der Waals surface area contributed by atoms with Crippen LogP contribution in [0.3, 0.4) is 0 Å². The van der Waals surface area contributed by atoms with Crippen molar-refractivity contribution in [3.05, 3.63) is 49.0 Å². The van der Waals surface area contributed by atoms with Crippen molar-refractivity contribution in [1.82, 2.24) is 0 Å². The first kappa shape index (κ1) is 13.6. The van der Waals surface area contributed by atoms with E-state index < -0.39 is 0 Å². The van der Waals surface area contributed by atoms with E-state index in [2.05, 4.69) is 43.2 Å². The lowest BCUT2D eigenvalue weighted by Gasteiger charge is -2.11. The minimum Gasteiger partial charge on any atom is -0.366 e. The minimum absolute atomic E-state index is 0.325. The molecule has 1 aromatic carbocycles. The number of nitrogens with one attached hydrogen (secondary N) is 1. The Morgan fingerprint density at radius 2 is 2.11 bits per heavy atom. The zero-order valence-corrected chi connectivity index (χ0v) is 13.6. The van der Waals surface area contributed by atoms with Gasteiger partial charge in [-0.05, 0) is 47.1 Å². The molecule has 0 aliphatic heterocycles. The van der Waals surface area contributed by atoms with E-state index >= 15 is 0 Å². The van der Waals surface area contributed by atoms with Gasteiger partial charge in [-0.25, -0.2) is 0 Å². The first-order valence-corrected chi connectivity index (χ1v) is 7.68. The minimum atomic E-state index is -0.325. The molecule has 18 heavy (non-hydrogen) atoms. The Morgan fingerprint density at radius 1 is 1.33 bits per heavy atom. The Kier molecular flexibility index (Phi) is 4.44. The van der Waals surface area contributed by atoms with Crippen LogP contribution in [0.2, 0.25) is 0 Å². The van der Waals surface area contributed by atoms with Gasteiger partial charge in [0.15, 0.2) is 0 Å². The normalized spacial score (nSPS) is 11.9. The molecule has 1 atom stereocenters. The van der Waals surface area contributed by atoms with Crippen LogP contribution in [0, 0.1) is 18.3 Å². The maximum absolute atomic E-state index is 9.28. The Bertz CT molecular complexity index is 582. The van der Waals surface area contributed by atoms with E-state index in [0.717, 1.165) is 19.5 Å². The van der Waals surface area contributed by atoms with Gasteiger partial charge >= 0.3 is 0 Å². The third-order valence-electron chi connectivity index (χ3n) is 2.43. The van der Waals surface area contributed by atoms with Gasteiger partial charge in [-0.3, -0.25) is 0 Å². The number of nitrogens with zero attached hydrogens (tertiary/aromatic N) is 1. The summed E-state index contributed by atoms with van der Waals surface area (Å²) in [4.78, 5) is 2.20. The summed E-state index contributed by atoms with van der Waals surface area (Å²) in [7, 11) is 0. The van der Waals surface area contributed by atoms with Gasteiger partial charge < -0.3 is 5.32 Å². The molecule has 1 aromatic heterocycles. The molecule has 0 saturated heterocycles. The van der Waals surface area contributed by atoms with E-state index in [1.165, 1.54) is 4.88 Å². The lowest BCUT2D eigenvalue weighted by atomic mass is 10.2. The van der Waals surface area contributed by atoms with Crippen LogP contribution in [0.1, 0.15) is 15.8 Å². The molecule has 2 nitrogen and oxygen atoms in total. The number of halogens is 2. The Labute approximate surface area is 127 Å². The zero-order chi connectivity index (χ0) is 13.1. The number of benzene rings is 1. The highest BCUT2D eigenvalue weighted by molar-refractivity contribution is 9.10. The molecule has 0 aliphatic rings. The van der Waals surface area contributed by atoms with E-state index in [9.17, 15) is 5.26 Å². The number of hydrogen-bond acceptors (Lipinski definition) is 3. The number of aryl methyl sites for hydroxylation is 1. The molecular formula is C13H10Br2N2S. The molecule has 5 heteroatoms. The van der Waals surface area contributed by atoms with Gasteiger partial charge in [0.05, 0.1) is 6.07 Å². The topological polar surface area (TPSA) is 35.8 Å². The van der Waals surface area contributed by atoms with Crippen molar-refractivity contribution in [2.75, 3.05) is 5.32 Å². The van der Waals surface area contributed by atoms with Crippen molar-refractivity contribution in [1.29, 1.82) is 5.26 Å². The number of rotatable bonds is 3. The third-order valence-corrected chi connectivity index (χ3v) is 5.12. The summed E-state index contributed by atoms with van der Waals surface area (Å²) in [6, 6.07) is 11.8. The largest absolute Gasteiger partial charge is 0.366 e. The van der Waals surface area contributed by atoms with E-state index in [4.69, 9.17) is 0 Å². The van der Waals surface area contributed by atoms with E-state index in [1.54, 1.807) is 11.3 Å². The average molecular weight is 386 g/mol. The van der Waals surface area contributed by atoms with Crippen molar-refractivity contribution in [2.24, 2.45) is 0 Å². The molecule has 1 heterocycles. The summed E-state index contributed by atoms with van der Waals surface area (Å²) >= 11 is 8.52. The van der Waals surface area contributed by atoms with E-state index in [-0.39, 0.29) is 6.04 Å². The summed E-state index contributed by atoms with van der Waals surface area (Å²) in [6.07, 6.45) is 0. The van der Waals surface area contributed by atoms with Crippen LogP contribution in [0.4, 0.5) is 5.69 Å². The second-order valence-electron chi connectivity index (χ2n) is 3.77. The van der Waals surface area contributed by atoms with Crippen LogP contribution in [-0.4, -0.2) is 0 Å². The number of thiophene rings is 1. The van der Waals surface area contributed by atoms with E-state index in [0.29, 0.717) is 0 Å². The predicted molar refractivity (Wildman–Crippen MR) is 82.9 cm³/mol. The molecule has 0 fully saturated rings. The molecule has 0 amide bonds. The number of anilines is 1. The van der Waals surface area contributed by atoms with Gasteiger partial charge in [-0.2, -0.15) is 5.26 Å². The smallest absolute Gasteiger partial charge is 0.149 e. The molecular weight excluding hydrogens is 376 g/mol. The molecule has 0 aliphatic carbocycles. The first-order valence-electron chi connectivity index (χ1n) is 5.27. The van der Waals surface area contributed by atoms with Crippen LogP contribution >= 0.6 is 43.2 Å². The second-order valence-corrected chi connectivity index (χ2v) is 6.83. The van der Waals surface area contributed by atoms with Crippen LogP contribution in [0.5, 0.6) is 0 Å². The summed E-state index contributed by atoms with van der Waals surface area (Å²) in [5, 5.41) is 12.5. The molecule has 0 radical (unpaired) electrons. The van der Waals surface area contributed by atoms with Crippen molar-refractivity contribution in [3.63, 3.8) is 0 Å². The van der Waals surface area contributed by atoms with Gasteiger partial charge in [0, 0.05) is 24.4 Å². The molecule has 2 rings (SSSR count). The van der Waals surface area contributed by atoms with Crippen molar-refractivity contribution < 1.29 is 0 Å². The molecule has 1 N–H and O–H groups in total. The standard InChI is InChI=1S/C13H10Br2N2S/c1-8-11(15)6-13(18-8)12(7-16)17-10-4-2-3-9(14)5-10/h2-6,12,17H,1H3. The molecule has 2 aromatic rings. The Hall–Kier alpha value is -0.830. The van der Waals surface area contributed by atoms with Crippen LogP contribution in [0.25, 0.3) is 0 Å². The highest BCUT2D eigenvalue weighted by atomic mass is 79.9. The lowest BCUT2D eigenvalue weighted by molar-refractivity contribution is 1.03. The Morgan fingerprint density at radius 3 is 2.67 bits per heavy atom. The quantitative estimate of drug-likeness (QED) is 0.782. The summed E-state index contributed by atoms with van der Waals surface area (Å²) < 4.78 is 2.05. The molecule has 1 unspecified atom stereocenters. The second kappa shape index (κ2) is 5.87. The van der Waals surface area contributed by atoms with E-state index in [1.807, 2.05) is 37.3 Å². The van der Waals surface area contributed by atoms with Gasteiger partial charge in [0.25, 0.3) is 0 Å². The van der Waals surface area contributed by atoms with Crippen LogP contribution in [0.15, 0.2) is 39.3 Å². The fourth-order valence-corrected chi connectivity index (χ4v) is 3.49. The SMILES string of the molecule is Cc1sc(C(C#N)Nc2cccc(Br)c2)cc1Br. The number of nitriles is 1. The molecule has 92 valence electrons. The summed E-state index contributed by atoms with van der Waals surface area (Å²) in [5.74, 6) is 0. The third kappa shape index (κ3) is 3.14. The fraction of sp³-hybridized carbons (Fsp3) is 0.154. The summed E-state index contributed by atoms with van der Waals surface area (Å²) in [6.45, 7) is 2.03. The number of hydrogen-bond donors (Lipinski definition) is 1.